The summed E-state index contributed by atoms with van der Waals surface area (Å²) in [7, 11) is 1.65. The van der Waals surface area contributed by atoms with Crippen LogP contribution in [0.25, 0.3) is 0 Å². The molecule has 0 aromatic heterocycles. The lowest BCUT2D eigenvalue weighted by Crippen LogP contribution is -2.49. The van der Waals surface area contributed by atoms with Crippen molar-refractivity contribution in [2.45, 2.75) is 58.4 Å². The zero-order valence-electron chi connectivity index (χ0n) is 14.5. The van der Waals surface area contributed by atoms with E-state index in [4.69, 9.17) is 4.74 Å². The van der Waals surface area contributed by atoms with Gasteiger partial charge in [-0.25, -0.2) is 0 Å². The van der Waals surface area contributed by atoms with Gasteiger partial charge in [0, 0.05) is 32.8 Å². The van der Waals surface area contributed by atoms with Crippen LogP contribution in [0.15, 0.2) is 11.6 Å². The number of hydrogen-bond donors (Lipinski definition) is 1. The van der Waals surface area contributed by atoms with Crippen LogP contribution < -0.4 is 5.32 Å². The predicted octanol–water partition coefficient (Wildman–Crippen LogP) is 2.74. The fourth-order valence-corrected chi connectivity index (χ4v) is 3.38. The van der Waals surface area contributed by atoms with Crippen molar-refractivity contribution in [1.82, 2.24) is 10.2 Å². The van der Waals surface area contributed by atoms with Crippen molar-refractivity contribution in [3.8, 4) is 0 Å². The molecule has 1 saturated heterocycles. The third kappa shape index (κ3) is 5.10. The minimum absolute atomic E-state index is 0.114. The van der Waals surface area contributed by atoms with Gasteiger partial charge in [-0.05, 0) is 52.4 Å². The Morgan fingerprint density at radius 2 is 2.09 bits per heavy atom. The molecule has 0 aromatic rings. The molecule has 0 bridgehead atoms. The molecule has 0 spiro atoms. The van der Waals surface area contributed by atoms with Crippen LogP contribution in [-0.4, -0.2) is 50.2 Å². The summed E-state index contributed by atoms with van der Waals surface area (Å²) in [6.07, 6.45) is 9.80. The highest BCUT2D eigenvalue weighted by Gasteiger charge is 2.30. The fourth-order valence-electron chi connectivity index (χ4n) is 3.38. The number of carbonyl (C=O) groups excluding carboxylic acids is 1. The van der Waals surface area contributed by atoms with Crippen LogP contribution in [0.1, 0.15) is 52.4 Å². The molecule has 4 nitrogen and oxygen atoms in total. The number of amides is 1. The van der Waals surface area contributed by atoms with E-state index in [0.29, 0.717) is 12.6 Å². The van der Waals surface area contributed by atoms with E-state index in [1.807, 2.05) is 13.8 Å². The Morgan fingerprint density at radius 1 is 1.36 bits per heavy atom. The molecule has 0 saturated carbocycles. The summed E-state index contributed by atoms with van der Waals surface area (Å²) < 4.78 is 5.14. The van der Waals surface area contributed by atoms with Gasteiger partial charge in [0.1, 0.15) is 0 Å². The lowest BCUT2D eigenvalue weighted by molar-refractivity contribution is -0.133. The summed E-state index contributed by atoms with van der Waals surface area (Å²) in [5.74, 6) is 0.114. The van der Waals surface area contributed by atoms with Gasteiger partial charge in [-0.15, -0.1) is 0 Å². The van der Waals surface area contributed by atoms with Crippen molar-refractivity contribution < 1.29 is 9.53 Å². The number of likely N-dealkylation sites (tertiary alicyclic amines) is 1. The Kier molecular flexibility index (Phi) is 6.45. The van der Waals surface area contributed by atoms with Crippen molar-refractivity contribution in [3.05, 3.63) is 11.6 Å². The summed E-state index contributed by atoms with van der Waals surface area (Å²) in [6.45, 7) is 7.66. The molecule has 1 amide bonds. The highest BCUT2D eigenvalue weighted by molar-refractivity contribution is 5.82. The normalized spacial score (nSPS) is 21.5. The molecule has 4 heteroatoms. The molecule has 1 aliphatic heterocycles. The smallest absolute Gasteiger partial charge is 0.228 e. The highest BCUT2D eigenvalue weighted by Crippen LogP contribution is 2.21. The number of piperidine rings is 1. The standard InChI is InChI=1S/C18H32N2O2/c1-18(2,14-22-3)17(21)19-16-9-11-20(12-10-16)13-15-7-5-4-6-8-15/h7,16H,4-6,8-14H2,1-3H3,(H,19,21). The van der Waals surface area contributed by atoms with E-state index in [-0.39, 0.29) is 5.91 Å². The number of rotatable bonds is 6. The van der Waals surface area contributed by atoms with Gasteiger partial charge < -0.3 is 10.1 Å². The Balaban J connectivity index is 1.72. The molecule has 0 atom stereocenters. The Hall–Kier alpha value is -0.870. The molecule has 1 aliphatic carbocycles. The first-order chi connectivity index (χ1) is 10.5. The lowest BCUT2D eigenvalue weighted by Gasteiger charge is -2.35. The van der Waals surface area contributed by atoms with Gasteiger partial charge in [0.05, 0.1) is 12.0 Å². The molecule has 126 valence electrons. The van der Waals surface area contributed by atoms with Gasteiger partial charge in [-0.1, -0.05) is 11.6 Å². The van der Waals surface area contributed by atoms with E-state index in [2.05, 4.69) is 16.3 Å². The molecule has 0 unspecified atom stereocenters. The van der Waals surface area contributed by atoms with Gasteiger partial charge in [-0.2, -0.15) is 0 Å². The number of nitrogens with one attached hydrogen (secondary N) is 1. The van der Waals surface area contributed by atoms with E-state index in [1.165, 1.54) is 25.7 Å². The maximum Gasteiger partial charge on any atom is 0.228 e. The second kappa shape index (κ2) is 8.11. The van der Waals surface area contributed by atoms with E-state index in [1.54, 1.807) is 12.7 Å². The van der Waals surface area contributed by atoms with Crippen molar-refractivity contribution in [1.29, 1.82) is 0 Å². The Bertz CT molecular complexity index is 396. The van der Waals surface area contributed by atoms with Crippen LogP contribution >= 0.6 is 0 Å². The van der Waals surface area contributed by atoms with Crippen LogP contribution in [0.2, 0.25) is 0 Å². The van der Waals surface area contributed by atoms with Crippen LogP contribution in [0.3, 0.4) is 0 Å². The predicted molar refractivity (Wildman–Crippen MR) is 89.8 cm³/mol. The first-order valence-electron chi connectivity index (χ1n) is 8.71. The van der Waals surface area contributed by atoms with E-state index in [9.17, 15) is 4.79 Å². The monoisotopic (exact) mass is 308 g/mol. The number of ether oxygens (including phenoxy) is 1. The quantitative estimate of drug-likeness (QED) is 0.767. The molecule has 1 heterocycles. The average molecular weight is 308 g/mol. The maximum absolute atomic E-state index is 12.3. The number of hydrogen-bond acceptors (Lipinski definition) is 3. The van der Waals surface area contributed by atoms with E-state index >= 15 is 0 Å². The van der Waals surface area contributed by atoms with Crippen molar-refractivity contribution in [3.63, 3.8) is 0 Å². The molecular formula is C18H32N2O2. The first kappa shape index (κ1) is 17.5. The summed E-state index contributed by atoms with van der Waals surface area (Å²) in [5.41, 5.74) is 1.17. The molecule has 2 aliphatic rings. The Morgan fingerprint density at radius 3 is 2.68 bits per heavy atom. The number of allylic oxidation sites excluding steroid dienone is 1. The number of nitrogens with zero attached hydrogens (tertiary/aromatic N) is 1. The average Bonchev–Trinajstić information content (AvgIpc) is 2.50. The number of carbonyl (C=O) groups is 1. The minimum Gasteiger partial charge on any atom is -0.384 e. The summed E-state index contributed by atoms with van der Waals surface area (Å²) in [4.78, 5) is 14.8. The van der Waals surface area contributed by atoms with Crippen LogP contribution in [-0.2, 0) is 9.53 Å². The van der Waals surface area contributed by atoms with Gasteiger partial charge >= 0.3 is 0 Å². The van der Waals surface area contributed by atoms with Crippen molar-refractivity contribution >= 4 is 5.91 Å². The first-order valence-corrected chi connectivity index (χ1v) is 8.71. The van der Waals surface area contributed by atoms with Gasteiger partial charge in [-0.3, -0.25) is 9.69 Å². The zero-order valence-corrected chi connectivity index (χ0v) is 14.5. The molecule has 0 radical (unpaired) electrons. The molecular weight excluding hydrogens is 276 g/mol. The van der Waals surface area contributed by atoms with Gasteiger partial charge in [0.2, 0.25) is 5.91 Å². The summed E-state index contributed by atoms with van der Waals surface area (Å²) >= 11 is 0. The summed E-state index contributed by atoms with van der Waals surface area (Å²) in [5, 5.41) is 3.21. The van der Waals surface area contributed by atoms with Gasteiger partial charge in [0.15, 0.2) is 0 Å². The molecule has 22 heavy (non-hydrogen) atoms. The molecule has 1 fully saturated rings. The Labute approximate surface area is 135 Å². The van der Waals surface area contributed by atoms with Crippen LogP contribution in [0.5, 0.6) is 0 Å². The molecule has 0 aromatic carbocycles. The SMILES string of the molecule is COCC(C)(C)C(=O)NC1CCN(CC2=CCCCC2)CC1. The van der Waals surface area contributed by atoms with E-state index < -0.39 is 5.41 Å². The highest BCUT2D eigenvalue weighted by atomic mass is 16.5. The zero-order chi connectivity index (χ0) is 16.0. The second-order valence-corrected chi connectivity index (χ2v) is 7.45. The largest absolute Gasteiger partial charge is 0.384 e. The fraction of sp³-hybridized carbons (Fsp3) is 0.833. The minimum atomic E-state index is -0.446. The second-order valence-electron chi connectivity index (χ2n) is 7.45. The van der Waals surface area contributed by atoms with Crippen LogP contribution in [0, 0.1) is 5.41 Å². The maximum atomic E-state index is 12.3. The third-order valence-electron chi connectivity index (χ3n) is 4.85. The lowest BCUT2D eigenvalue weighted by atomic mass is 9.92. The topological polar surface area (TPSA) is 41.6 Å². The summed E-state index contributed by atoms with van der Waals surface area (Å²) in [6, 6.07) is 0.320. The third-order valence-corrected chi connectivity index (χ3v) is 4.85. The number of methoxy groups -OCH3 is 1. The van der Waals surface area contributed by atoms with Gasteiger partial charge in [0.25, 0.3) is 0 Å². The van der Waals surface area contributed by atoms with Crippen molar-refractivity contribution in [2.75, 3.05) is 33.4 Å². The molecule has 2 rings (SSSR count). The van der Waals surface area contributed by atoms with Crippen LogP contribution in [0.4, 0.5) is 0 Å². The van der Waals surface area contributed by atoms with E-state index in [0.717, 1.165) is 32.5 Å². The van der Waals surface area contributed by atoms with Crippen molar-refractivity contribution in [2.24, 2.45) is 5.41 Å². The molecule has 1 N–H and O–H groups in total.